The number of nitrogens with two attached hydrogens (primary N) is 1. The number of amides is 1. The van der Waals surface area contributed by atoms with E-state index in [1.807, 2.05) is 44.2 Å². The third kappa shape index (κ3) is 2.69. The predicted molar refractivity (Wildman–Crippen MR) is 74.7 cm³/mol. The highest BCUT2D eigenvalue weighted by molar-refractivity contribution is 6.07. The fraction of sp³-hybridized carbons (Fsp3) is 0.133. The third-order valence-corrected chi connectivity index (χ3v) is 2.76. The Balaban J connectivity index is 2.21. The smallest absolute Gasteiger partial charge is 0.257 e. The minimum atomic E-state index is -0.181. The zero-order chi connectivity index (χ0) is 13.1. The van der Waals surface area contributed by atoms with E-state index in [1.54, 1.807) is 12.1 Å². The van der Waals surface area contributed by atoms with Crippen LogP contribution in [0, 0.1) is 13.8 Å². The molecule has 3 N–H and O–H groups in total. The van der Waals surface area contributed by atoms with Gasteiger partial charge in [0.25, 0.3) is 5.91 Å². The first kappa shape index (κ1) is 12.2. The Bertz CT molecular complexity index is 574. The van der Waals surface area contributed by atoms with E-state index in [4.69, 9.17) is 5.73 Å². The van der Waals surface area contributed by atoms with Crippen molar-refractivity contribution in [3.05, 3.63) is 59.2 Å². The number of nitrogens with one attached hydrogen (secondary N) is 1. The van der Waals surface area contributed by atoms with Crippen LogP contribution in [0.15, 0.2) is 42.5 Å². The van der Waals surface area contributed by atoms with Gasteiger partial charge >= 0.3 is 0 Å². The van der Waals surface area contributed by atoms with Crippen LogP contribution in [-0.4, -0.2) is 5.91 Å². The molecular weight excluding hydrogens is 225 g/mol. The largest absolute Gasteiger partial charge is 0.398 e. The molecule has 1 amide bonds. The normalized spacial score (nSPS) is 10.1. The van der Waals surface area contributed by atoms with Gasteiger partial charge in [0.2, 0.25) is 0 Å². The Morgan fingerprint density at radius 2 is 1.61 bits per heavy atom. The summed E-state index contributed by atoms with van der Waals surface area (Å²) in [7, 11) is 0. The van der Waals surface area contributed by atoms with Crippen molar-refractivity contribution < 1.29 is 4.79 Å². The van der Waals surface area contributed by atoms with Crippen LogP contribution < -0.4 is 11.1 Å². The fourth-order valence-electron chi connectivity index (χ4n) is 1.70. The van der Waals surface area contributed by atoms with Crippen LogP contribution in [-0.2, 0) is 0 Å². The first-order valence-electron chi connectivity index (χ1n) is 5.80. The van der Waals surface area contributed by atoms with Gasteiger partial charge in [-0.25, -0.2) is 0 Å². The van der Waals surface area contributed by atoms with Gasteiger partial charge in [0.1, 0.15) is 0 Å². The monoisotopic (exact) mass is 241 g/mol. The van der Waals surface area contributed by atoms with Crippen molar-refractivity contribution in [3.8, 4) is 0 Å². The summed E-state index contributed by atoms with van der Waals surface area (Å²) in [5.41, 5.74) is 9.75. The molecule has 0 heterocycles. The molecule has 0 radical (unpaired) electrons. The summed E-state index contributed by atoms with van der Waals surface area (Å²) in [4.78, 5) is 12.1. The van der Waals surface area contributed by atoms with Crippen molar-refractivity contribution in [2.24, 2.45) is 0 Å². The molecule has 0 aliphatic carbocycles. The molecule has 0 atom stereocenters. The second-order valence-corrected chi connectivity index (χ2v) is 4.41. The molecule has 0 bridgehead atoms. The lowest BCUT2D eigenvalue weighted by Crippen LogP contribution is -2.14. The minimum absolute atomic E-state index is 0.181. The summed E-state index contributed by atoms with van der Waals surface area (Å²) in [5.74, 6) is -0.181. The number of nitrogen functional groups attached to an aromatic ring is 1. The average molecular weight is 241 g/mol. The maximum atomic E-state index is 12.1. The van der Waals surface area contributed by atoms with Gasteiger partial charge in [-0.3, -0.25) is 4.79 Å². The molecule has 0 unspecified atom stereocenters. The summed E-state index contributed by atoms with van der Waals surface area (Å²) < 4.78 is 0. The van der Waals surface area contributed by atoms with Gasteiger partial charge in [0.05, 0.1) is 5.56 Å². The highest BCUT2D eigenvalue weighted by Gasteiger charge is 2.09. The lowest BCUT2D eigenvalue weighted by Gasteiger charge is -2.08. The van der Waals surface area contributed by atoms with Gasteiger partial charge in [0.15, 0.2) is 0 Å². The maximum absolute atomic E-state index is 12.1. The van der Waals surface area contributed by atoms with Crippen molar-refractivity contribution in [2.45, 2.75) is 13.8 Å². The lowest BCUT2D eigenvalue weighted by atomic mass is 10.1. The molecule has 0 saturated heterocycles. The molecule has 0 saturated carbocycles. The zero-order valence-corrected chi connectivity index (χ0v) is 10.5. The molecule has 0 spiro atoms. The SMILES string of the molecule is Cc1ccc(NC(=O)c2cc(C)ccc2[15NH2])cc1. The van der Waals surface area contributed by atoms with E-state index in [0.29, 0.717) is 11.3 Å². The Labute approximate surface area is 107 Å². The highest BCUT2D eigenvalue weighted by Crippen LogP contribution is 2.16. The second kappa shape index (κ2) is 4.92. The standard InChI is InChI=1S/C15H16N2O/c1-10-3-6-12(7-4-10)17-15(18)13-9-11(2)5-8-14(13)16/h3-9H,16H2,1-2H3,(H,17,18)/i16+1. The lowest BCUT2D eigenvalue weighted by molar-refractivity contribution is 0.102. The van der Waals surface area contributed by atoms with Crippen LogP contribution in [0.25, 0.3) is 0 Å². The molecule has 3 nitrogen and oxygen atoms in total. The van der Waals surface area contributed by atoms with Crippen molar-refractivity contribution in [3.63, 3.8) is 0 Å². The number of carbonyl (C=O) groups is 1. The highest BCUT2D eigenvalue weighted by atomic mass is 16.1. The van der Waals surface area contributed by atoms with Crippen LogP contribution in [0.1, 0.15) is 21.5 Å². The van der Waals surface area contributed by atoms with E-state index in [9.17, 15) is 4.79 Å². The van der Waals surface area contributed by atoms with E-state index in [0.717, 1.165) is 16.8 Å². The summed E-state index contributed by atoms with van der Waals surface area (Å²) in [6.45, 7) is 3.94. The Kier molecular flexibility index (Phi) is 3.33. The van der Waals surface area contributed by atoms with E-state index in [1.165, 1.54) is 0 Å². The first-order chi connectivity index (χ1) is 8.56. The Morgan fingerprint density at radius 1 is 1.00 bits per heavy atom. The van der Waals surface area contributed by atoms with Gasteiger partial charge in [0, 0.05) is 11.4 Å². The number of aryl methyl sites for hydroxylation is 2. The molecule has 2 aromatic rings. The van der Waals surface area contributed by atoms with Crippen molar-refractivity contribution in [1.29, 1.82) is 0 Å². The second-order valence-electron chi connectivity index (χ2n) is 4.41. The van der Waals surface area contributed by atoms with Crippen LogP contribution in [0.4, 0.5) is 11.4 Å². The Hall–Kier alpha value is -2.29. The van der Waals surface area contributed by atoms with Gasteiger partial charge < -0.3 is 11.1 Å². The molecule has 2 rings (SSSR count). The van der Waals surface area contributed by atoms with Crippen LogP contribution in [0.2, 0.25) is 0 Å². The van der Waals surface area contributed by atoms with Gasteiger partial charge in [-0.05, 0) is 38.1 Å². The summed E-state index contributed by atoms with van der Waals surface area (Å²) >= 11 is 0. The number of hydrogen-bond donors (Lipinski definition) is 2. The molecule has 0 aliphatic rings. The van der Waals surface area contributed by atoms with Crippen LogP contribution in [0.3, 0.4) is 0 Å². The number of hydrogen-bond acceptors (Lipinski definition) is 2. The number of anilines is 2. The molecular formula is C15H16N2O. The van der Waals surface area contributed by atoms with E-state index in [2.05, 4.69) is 5.32 Å². The van der Waals surface area contributed by atoms with Crippen molar-refractivity contribution >= 4 is 17.3 Å². The molecule has 18 heavy (non-hydrogen) atoms. The molecule has 0 aliphatic heterocycles. The first-order valence-corrected chi connectivity index (χ1v) is 5.80. The average Bonchev–Trinajstić information content (AvgIpc) is 2.35. The van der Waals surface area contributed by atoms with E-state index in [-0.39, 0.29) is 5.91 Å². The number of carbonyl (C=O) groups excluding carboxylic acids is 1. The summed E-state index contributed by atoms with van der Waals surface area (Å²) in [5, 5.41) is 2.83. The number of rotatable bonds is 2. The summed E-state index contributed by atoms with van der Waals surface area (Å²) in [6.07, 6.45) is 0. The van der Waals surface area contributed by atoms with Crippen molar-refractivity contribution in [1.82, 2.24) is 0 Å². The molecule has 2 aromatic carbocycles. The van der Waals surface area contributed by atoms with Crippen molar-refractivity contribution in [2.75, 3.05) is 11.1 Å². The Morgan fingerprint density at radius 3 is 2.28 bits per heavy atom. The van der Waals surface area contributed by atoms with Crippen LogP contribution in [0.5, 0.6) is 0 Å². The van der Waals surface area contributed by atoms with E-state index < -0.39 is 0 Å². The van der Waals surface area contributed by atoms with Gasteiger partial charge in [-0.15, -0.1) is 0 Å². The minimum Gasteiger partial charge on any atom is -0.398 e. The third-order valence-electron chi connectivity index (χ3n) is 2.76. The maximum Gasteiger partial charge on any atom is 0.257 e. The van der Waals surface area contributed by atoms with Crippen LogP contribution >= 0.6 is 0 Å². The van der Waals surface area contributed by atoms with Gasteiger partial charge in [-0.1, -0.05) is 29.3 Å². The molecule has 3 heteroatoms. The molecule has 0 aromatic heterocycles. The quantitative estimate of drug-likeness (QED) is 0.627. The molecule has 92 valence electrons. The topological polar surface area (TPSA) is 55.1 Å². The zero-order valence-electron chi connectivity index (χ0n) is 10.5. The number of benzene rings is 2. The fourth-order valence-corrected chi connectivity index (χ4v) is 1.70. The van der Waals surface area contributed by atoms with Gasteiger partial charge in [-0.2, -0.15) is 0 Å². The van der Waals surface area contributed by atoms with E-state index >= 15 is 0 Å². The summed E-state index contributed by atoms with van der Waals surface area (Å²) in [6, 6.07) is 13.1. The molecule has 0 fully saturated rings. The predicted octanol–water partition coefficient (Wildman–Crippen LogP) is 3.14.